The van der Waals surface area contributed by atoms with Crippen LogP contribution in [0.15, 0.2) is 58.3 Å². The van der Waals surface area contributed by atoms with E-state index in [4.69, 9.17) is 26.2 Å². The number of nitrogens with zero attached hydrogens (tertiary/aromatic N) is 2. The van der Waals surface area contributed by atoms with Gasteiger partial charge in [0.1, 0.15) is 5.75 Å². The van der Waals surface area contributed by atoms with Crippen LogP contribution in [0, 0.1) is 0 Å². The van der Waals surface area contributed by atoms with E-state index in [1.165, 1.54) is 7.11 Å². The maximum absolute atomic E-state index is 9.90. The van der Waals surface area contributed by atoms with Crippen LogP contribution in [0.5, 0.6) is 17.2 Å². The fourth-order valence-corrected chi connectivity index (χ4v) is 4.57. The minimum atomic E-state index is -0.290. The molecule has 0 unspecified atom stereocenters. The Balaban J connectivity index is 1.59. The van der Waals surface area contributed by atoms with Crippen LogP contribution in [-0.2, 0) is 0 Å². The van der Waals surface area contributed by atoms with Crippen molar-refractivity contribution in [1.82, 2.24) is 5.01 Å². The van der Waals surface area contributed by atoms with Gasteiger partial charge in [-0.25, -0.2) is 5.01 Å². The van der Waals surface area contributed by atoms with Gasteiger partial charge in [-0.15, -0.1) is 0 Å². The van der Waals surface area contributed by atoms with E-state index in [0.29, 0.717) is 17.2 Å². The van der Waals surface area contributed by atoms with Crippen LogP contribution < -0.4 is 9.47 Å². The van der Waals surface area contributed by atoms with Crippen molar-refractivity contribution in [2.75, 3.05) is 7.11 Å². The van der Waals surface area contributed by atoms with Gasteiger partial charge in [0.25, 0.3) is 0 Å². The van der Waals surface area contributed by atoms with Crippen molar-refractivity contribution in [2.45, 2.75) is 18.7 Å². The van der Waals surface area contributed by atoms with Gasteiger partial charge in [0.05, 0.1) is 18.9 Å². The lowest BCUT2D eigenvalue weighted by Crippen LogP contribution is -2.33. The van der Waals surface area contributed by atoms with E-state index in [-0.39, 0.29) is 18.0 Å². The highest BCUT2D eigenvalue weighted by Crippen LogP contribution is 2.48. The Morgan fingerprint density at radius 3 is 2.93 bits per heavy atom. The summed E-state index contributed by atoms with van der Waals surface area (Å²) in [6, 6.07) is 13.1. The molecule has 1 aromatic heterocycles. The summed E-state index contributed by atoms with van der Waals surface area (Å²) in [5.41, 5.74) is 3.93. The van der Waals surface area contributed by atoms with Crippen molar-refractivity contribution in [3.8, 4) is 17.2 Å². The number of hydrogen-bond acceptors (Lipinski definition) is 6. The van der Waals surface area contributed by atoms with Gasteiger partial charge in [0, 0.05) is 28.1 Å². The quantitative estimate of drug-likeness (QED) is 0.629. The predicted molar refractivity (Wildman–Crippen MR) is 110 cm³/mol. The summed E-state index contributed by atoms with van der Waals surface area (Å²) in [6.07, 6.45) is 0.423. The van der Waals surface area contributed by atoms with Crippen molar-refractivity contribution in [2.24, 2.45) is 5.10 Å². The van der Waals surface area contributed by atoms with E-state index in [2.05, 4.69) is 11.4 Å². The van der Waals surface area contributed by atoms with Crippen LogP contribution in [0.4, 0.5) is 0 Å². The molecule has 0 bridgehead atoms. The highest BCUT2D eigenvalue weighted by atomic mass is 35.5. The summed E-state index contributed by atoms with van der Waals surface area (Å²) < 4.78 is 11.6. The zero-order valence-electron chi connectivity index (χ0n) is 15.0. The molecule has 0 spiro atoms. The van der Waals surface area contributed by atoms with Crippen LogP contribution in [0.25, 0.3) is 0 Å². The molecule has 2 aliphatic heterocycles. The Bertz CT molecular complexity index is 1070. The summed E-state index contributed by atoms with van der Waals surface area (Å²) in [5.74, 6) is 1.37. The zero-order valence-corrected chi connectivity index (χ0v) is 16.6. The van der Waals surface area contributed by atoms with Gasteiger partial charge in [0.2, 0.25) is 6.23 Å². The molecule has 2 aliphatic rings. The standard InChI is InChI=1S/C21H17ClN2O3S/c1-26-20-8-12(2-4-18(20)25)16-10-17-15-9-14(22)3-5-19(15)27-21(24(17)23-16)13-6-7-28-11-13/h2-9,11,17,21,25H,10H2,1H3/t17-,21-/m0/s1. The highest BCUT2D eigenvalue weighted by Gasteiger charge is 2.41. The Morgan fingerprint density at radius 2 is 2.14 bits per heavy atom. The monoisotopic (exact) mass is 412 g/mol. The summed E-state index contributed by atoms with van der Waals surface area (Å²) in [4.78, 5) is 0. The van der Waals surface area contributed by atoms with Crippen LogP contribution in [0.1, 0.15) is 35.4 Å². The van der Waals surface area contributed by atoms with Crippen LogP contribution in [0.2, 0.25) is 5.02 Å². The molecule has 5 nitrogen and oxygen atoms in total. The summed E-state index contributed by atoms with van der Waals surface area (Å²) in [7, 11) is 1.54. The van der Waals surface area contributed by atoms with E-state index in [1.54, 1.807) is 17.4 Å². The van der Waals surface area contributed by atoms with Gasteiger partial charge in [-0.05, 0) is 53.2 Å². The minimum absolute atomic E-state index is 0.0298. The van der Waals surface area contributed by atoms with Crippen LogP contribution >= 0.6 is 22.9 Å². The normalized spacial score (nSPS) is 20.2. The molecular weight excluding hydrogens is 396 g/mol. The first-order valence-corrected chi connectivity index (χ1v) is 10.2. The summed E-state index contributed by atoms with van der Waals surface area (Å²) in [5, 5.41) is 21.6. The Hall–Kier alpha value is -2.70. The number of thiophene rings is 1. The van der Waals surface area contributed by atoms with E-state index in [9.17, 15) is 5.11 Å². The first-order chi connectivity index (χ1) is 13.6. The SMILES string of the molecule is COc1cc(C2=NN3[C@@H](C2)c2cc(Cl)ccc2O[C@H]3c2ccsc2)ccc1O. The second-order valence-electron chi connectivity index (χ2n) is 6.74. The van der Waals surface area contributed by atoms with E-state index < -0.39 is 0 Å². The molecular formula is C21H17ClN2O3S. The molecule has 0 saturated carbocycles. The molecule has 5 rings (SSSR count). The average Bonchev–Trinajstić information content (AvgIpc) is 3.38. The van der Waals surface area contributed by atoms with Crippen molar-refractivity contribution in [1.29, 1.82) is 0 Å². The van der Waals surface area contributed by atoms with E-state index in [1.807, 2.05) is 40.7 Å². The number of rotatable bonds is 3. The second kappa shape index (κ2) is 6.72. The third kappa shape index (κ3) is 2.80. The van der Waals surface area contributed by atoms with Crippen molar-refractivity contribution in [3.63, 3.8) is 0 Å². The maximum atomic E-state index is 9.90. The molecule has 0 amide bonds. The molecule has 0 radical (unpaired) electrons. The number of ether oxygens (including phenoxy) is 2. The van der Waals surface area contributed by atoms with Gasteiger partial charge in [-0.2, -0.15) is 16.4 Å². The highest BCUT2D eigenvalue weighted by molar-refractivity contribution is 7.07. The Labute approximate surface area is 171 Å². The van der Waals surface area contributed by atoms with Crippen molar-refractivity contribution in [3.05, 3.63) is 74.9 Å². The lowest BCUT2D eigenvalue weighted by molar-refractivity contribution is -0.0187. The lowest BCUT2D eigenvalue weighted by atomic mass is 9.96. The zero-order chi connectivity index (χ0) is 19.3. The first-order valence-electron chi connectivity index (χ1n) is 8.85. The molecule has 0 aliphatic carbocycles. The Morgan fingerprint density at radius 1 is 1.25 bits per heavy atom. The number of halogens is 1. The van der Waals surface area contributed by atoms with Crippen molar-refractivity contribution < 1.29 is 14.6 Å². The number of benzene rings is 2. The van der Waals surface area contributed by atoms with Gasteiger partial charge in [-0.1, -0.05) is 11.6 Å². The molecule has 3 heterocycles. The van der Waals surface area contributed by atoms with Gasteiger partial charge >= 0.3 is 0 Å². The molecule has 2 atom stereocenters. The fraction of sp³-hybridized carbons (Fsp3) is 0.190. The van der Waals surface area contributed by atoms with Crippen LogP contribution in [-0.4, -0.2) is 22.9 Å². The number of phenolic OH excluding ortho intramolecular Hbond substituents is 1. The summed E-state index contributed by atoms with van der Waals surface area (Å²) in [6.45, 7) is 0. The van der Waals surface area contributed by atoms with Gasteiger partial charge < -0.3 is 14.6 Å². The molecule has 7 heteroatoms. The lowest BCUT2D eigenvalue weighted by Gasteiger charge is -2.37. The third-order valence-electron chi connectivity index (χ3n) is 5.09. The third-order valence-corrected chi connectivity index (χ3v) is 6.03. The largest absolute Gasteiger partial charge is 0.504 e. The van der Waals surface area contributed by atoms with E-state index in [0.717, 1.165) is 28.2 Å². The first kappa shape index (κ1) is 17.4. The van der Waals surface area contributed by atoms with E-state index >= 15 is 0 Å². The fourth-order valence-electron chi connectivity index (χ4n) is 3.73. The molecule has 0 saturated heterocycles. The number of hydrazone groups is 1. The minimum Gasteiger partial charge on any atom is -0.504 e. The molecule has 0 fully saturated rings. The smallest absolute Gasteiger partial charge is 0.214 e. The molecule has 2 aromatic carbocycles. The molecule has 28 heavy (non-hydrogen) atoms. The molecule has 142 valence electrons. The Kier molecular flexibility index (Phi) is 4.18. The number of aromatic hydroxyl groups is 1. The van der Waals surface area contributed by atoms with Crippen LogP contribution in [0.3, 0.4) is 0 Å². The number of fused-ring (bicyclic) bond motifs is 3. The average molecular weight is 413 g/mol. The predicted octanol–water partition coefficient (Wildman–Crippen LogP) is 5.36. The number of methoxy groups -OCH3 is 1. The number of hydrogen-bond donors (Lipinski definition) is 1. The van der Waals surface area contributed by atoms with Crippen molar-refractivity contribution >= 4 is 28.6 Å². The summed E-state index contributed by atoms with van der Waals surface area (Å²) >= 11 is 7.89. The molecule has 3 aromatic rings. The molecule has 1 N–H and O–H groups in total. The number of phenols is 1. The second-order valence-corrected chi connectivity index (χ2v) is 7.96. The maximum Gasteiger partial charge on any atom is 0.214 e. The topological polar surface area (TPSA) is 54.3 Å². The van der Waals surface area contributed by atoms with Gasteiger partial charge in [-0.3, -0.25) is 0 Å². The van der Waals surface area contributed by atoms with Gasteiger partial charge in [0.15, 0.2) is 11.5 Å².